The molecule has 4 heteroatoms. The van der Waals surface area contributed by atoms with E-state index in [9.17, 15) is 4.79 Å². The van der Waals surface area contributed by atoms with Gasteiger partial charge in [0.2, 0.25) is 0 Å². The van der Waals surface area contributed by atoms with E-state index >= 15 is 0 Å². The van der Waals surface area contributed by atoms with Gasteiger partial charge in [-0.15, -0.1) is 11.3 Å². The Hall–Kier alpha value is -2.20. The molecule has 0 atom stereocenters. The van der Waals surface area contributed by atoms with Gasteiger partial charge in [0.05, 0.1) is 5.39 Å². The van der Waals surface area contributed by atoms with Gasteiger partial charge in [0, 0.05) is 11.4 Å². The molecule has 0 amide bonds. The van der Waals surface area contributed by atoms with Gasteiger partial charge in [-0.3, -0.25) is 9.36 Å². The summed E-state index contributed by atoms with van der Waals surface area (Å²) in [5.74, 6) is 0.842. The Morgan fingerprint density at radius 3 is 2.79 bits per heavy atom. The predicted octanol–water partition coefficient (Wildman–Crippen LogP) is 4.64. The fraction of sp³-hybridized carbons (Fsp3) is 0.300. The maximum atomic E-state index is 12.9. The Labute approximate surface area is 145 Å². The molecule has 0 fully saturated rings. The molecule has 0 radical (unpaired) electrons. The number of allylic oxidation sites excluding steroid dienone is 1. The summed E-state index contributed by atoms with van der Waals surface area (Å²) < 4.78 is 1.85. The number of hydrogen-bond acceptors (Lipinski definition) is 3. The second kappa shape index (κ2) is 5.42. The van der Waals surface area contributed by atoms with E-state index in [1.54, 1.807) is 11.3 Å². The fourth-order valence-corrected chi connectivity index (χ4v) is 4.38. The first-order chi connectivity index (χ1) is 11.5. The van der Waals surface area contributed by atoms with E-state index in [0.717, 1.165) is 40.1 Å². The second-order valence-electron chi connectivity index (χ2n) is 6.64. The van der Waals surface area contributed by atoms with Crippen LogP contribution in [0.1, 0.15) is 39.4 Å². The molecule has 0 saturated carbocycles. The number of hydrogen-bond donors (Lipinski definition) is 0. The molecule has 3 aromatic rings. The fourth-order valence-electron chi connectivity index (χ4n) is 3.36. The van der Waals surface area contributed by atoms with Crippen LogP contribution in [0, 0.1) is 27.7 Å². The van der Waals surface area contributed by atoms with E-state index in [4.69, 9.17) is 4.98 Å². The number of benzene rings is 1. The Morgan fingerprint density at radius 1 is 1.21 bits per heavy atom. The Kier molecular flexibility index (Phi) is 3.46. The van der Waals surface area contributed by atoms with Crippen LogP contribution in [-0.2, 0) is 6.54 Å². The summed E-state index contributed by atoms with van der Waals surface area (Å²) in [5.41, 5.74) is 6.06. The first kappa shape index (κ1) is 15.3. The second-order valence-corrected chi connectivity index (χ2v) is 7.84. The van der Waals surface area contributed by atoms with Gasteiger partial charge in [-0.2, -0.15) is 0 Å². The molecule has 1 aliphatic heterocycles. The largest absolute Gasteiger partial charge is 0.292 e. The lowest BCUT2D eigenvalue weighted by molar-refractivity contribution is 0.726. The SMILES string of the molecule is Cc1ccc(C)c(/C=C2/CCn3c2nc2sc(C)c(C)c2c3=O)c1. The average molecular weight is 336 g/mol. The third kappa shape index (κ3) is 2.25. The highest BCUT2D eigenvalue weighted by Gasteiger charge is 2.23. The van der Waals surface area contributed by atoms with Gasteiger partial charge in [0.1, 0.15) is 10.7 Å². The summed E-state index contributed by atoms with van der Waals surface area (Å²) in [7, 11) is 0. The molecule has 3 heterocycles. The maximum absolute atomic E-state index is 12.9. The van der Waals surface area contributed by atoms with Crippen LogP contribution < -0.4 is 5.56 Å². The monoisotopic (exact) mass is 336 g/mol. The molecule has 4 rings (SSSR count). The Balaban J connectivity index is 1.93. The van der Waals surface area contributed by atoms with Crippen LogP contribution in [0.5, 0.6) is 0 Å². The maximum Gasteiger partial charge on any atom is 0.262 e. The van der Waals surface area contributed by atoms with E-state index in [2.05, 4.69) is 45.0 Å². The van der Waals surface area contributed by atoms with Gasteiger partial charge < -0.3 is 0 Å². The molecule has 0 unspecified atom stereocenters. The van der Waals surface area contributed by atoms with E-state index in [1.807, 2.05) is 11.5 Å². The van der Waals surface area contributed by atoms with Crippen molar-refractivity contribution in [3.8, 4) is 0 Å². The highest BCUT2D eigenvalue weighted by atomic mass is 32.1. The molecule has 2 aromatic heterocycles. The highest BCUT2D eigenvalue weighted by Crippen LogP contribution is 2.32. The Morgan fingerprint density at radius 2 is 2.00 bits per heavy atom. The van der Waals surface area contributed by atoms with Crippen LogP contribution in [0.2, 0.25) is 0 Å². The van der Waals surface area contributed by atoms with Crippen molar-refractivity contribution in [1.82, 2.24) is 9.55 Å². The van der Waals surface area contributed by atoms with E-state index in [0.29, 0.717) is 0 Å². The quantitative estimate of drug-likeness (QED) is 0.649. The number of rotatable bonds is 1. The summed E-state index contributed by atoms with van der Waals surface area (Å²) >= 11 is 1.62. The van der Waals surface area contributed by atoms with Crippen LogP contribution in [0.25, 0.3) is 21.9 Å². The van der Waals surface area contributed by atoms with Crippen molar-refractivity contribution in [2.24, 2.45) is 0 Å². The molecular formula is C20H20N2OS. The number of fused-ring (bicyclic) bond motifs is 2. The number of aromatic nitrogens is 2. The van der Waals surface area contributed by atoms with Gasteiger partial charge in [0.15, 0.2) is 0 Å². The molecule has 0 bridgehead atoms. The van der Waals surface area contributed by atoms with Crippen molar-refractivity contribution < 1.29 is 0 Å². The van der Waals surface area contributed by atoms with Gasteiger partial charge in [-0.05, 0) is 62.5 Å². The molecule has 1 aromatic carbocycles. The molecule has 1 aliphatic rings. The summed E-state index contributed by atoms with van der Waals surface area (Å²) in [6, 6.07) is 6.47. The lowest BCUT2D eigenvalue weighted by atomic mass is 10.0. The lowest BCUT2D eigenvalue weighted by Crippen LogP contribution is -2.20. The van der Waals surface area contributed by atoms with Gasteiger partial charge in [0.25, 0.3) is 5.56 Å². The summed E-state index contributed by atoms with van der Waals surface area (Å²) in [6.07, 6.45) is 3.07. The zero-order valence-electron chi connectivity index (χ0n) is 14.4. The van der Waals surface area contributed by atoms with Crippen molar-refractivity contribution in [2.75, 3.05) is 0 Å². The lowest BCUT2D eigenvalue weighted by Gasteiger charge is -2.05. The minimum Gasteiger partial charge on any atom is -0.292 e. The van der Waals surface area contributed by atoms with Crippen molar-refractivity contribution in [3.05, 3.63) is 61.5 Å². The number of nitrogens with zero attached hydrogens (tertiary/aromatic N) is 2. The van der Waals surface area contributed by atoms with Crippen LogP contribution in [-0.4, -0.2) is 9.55 Å². The summed E-state index contributed by atoms with van der Waals surface area (Å²) in [6.45, 7) is 9.03. The van der Waals surface area contributed by atoms with Crippen LogP contribution in [0.4, 0.5) is 0 Å². The van der Waals surface area contributed by atoms with E-state index in [1.165, 1.54) is 21.6 Å². The minimum atomic E-state index is 0.112. The molecule has 0 aliphatic carbocycles. The molecule has 3 nitrogen and oxygen atoms in total. The predicted molar refractivity (Wildman–Crippen MR) is 102 cm³/mol. The first-order valence-electron chi connectivity index (χ1n) is 8.24. The van der Waals surface area contributed by atoms with Gasteiger partial charge >= 0.3 is 0 Å². The van der Waals surface area contributed by atoms with E-state index < -0.39 is 0 Å². The topological polar surface area (TPSA) is 34.9 Å². The van der Waals surface area contributed by atoms with Crippen molar-refractivity contribution in [3.63, 3.8) is 0 Å². The zero-order valence-corrected chi connectivity index (χ0v) is 15.3. The van der Waals surface area contributed by atoms with Crippen LogP contribution >= 0.6 is 11.3 Å². The van der Waals surface area contributed by atoms with Crippen LogP contribution in [0.3, 0.4) is 0 Å². The summed E-state index contributed by atoms with van der Waals surface area (Å²) in [5, 5.41) is 0.800. The summed E-state index contributed by atoms with van der Waals surface area (Å²) in [4.78, 5) is 19.8. The Bertz CT molecular complexity index is 1070. The zero-order chi connectivity index (χ0) is 17.0. The molecule has 122 valence electrons. The van der Waals surface area contributed by atoms with Crippen molar-refractivity contribution in [2.45, 2.75) is 40.7 Å². The normalized spacial score (nSPS) is 15.4. The van der Waals surface area contributed by atoms with Crippen LogP contribution in [0.15, 0.2) is 23.0 Å². The molecule has 0 saturated heterocycles. The molecule has 0 N–H and O–H groups in total. The molecule has 0 spiro atoms. The molecule has 24 heavy (non-hydrogen) atoms. The highest BCUT2D eigenvalue weighted by molar-refractivity contribution is 7.18. The number of aryl methyl sites for hydroxylation is 4. The third-order valence-corrected chi connectivity index (χ3v) is 6.05. The molecular weight excluding hydrogens is 316 g/mol. The van der Waals surface area contributed by atoms with E-state index in [-0.39, 0.29) is 5.56 Å². The van der Waals surface area contributed by atoms with Gasteiger partial charge in [-0.1, -0.05) is 23.8 Å². The third-order valence-electron chi connectivity index (χ3n) is 4.95. The van der Waals surface area contributed by atoms with Crippen molar-refractivity contribution in [1.29, 1.82) is 0 Å². The smallest absolute Gasteiger partial charge is 0.262 e. The van der Waals surface area contributed by atoms with Crippen molar-refractivity contribution >= 4 is 33.2 Å². The first-order valence-corrected chi connectivity index (χ1v) is 9.06. The van der Waals surface area contributed by atoms with Gasteiger partial charge in [-0.25, -0.2) is 4.98 Å². The number of thiophene rings is 1. The average Bonchev–Trinajstić information content (AvgIpc) is 3.06. The minimum absolute atomic E-state index is 0.112. The standard InChI is InChI=1S/C20H20N2OS/c1-11-5-6-12(2)16(9-11)10-15-7-8-22-18(15)21-19-17(20(22)23)13(3)14(4)24-19/h5-6,9-10H,7-8H2,1-4H3/b15-10-.